The van der Waals surface area contributed by atoms with Gasteiger partial charge in [-0.3, -0.25) is 0 Å². The highest BCUT2D eigenvalue weighted by Crippen LogP contribution is 2.37. The molecule has 1 aromatic carbocycles. The minimum Gasteiger partial charge on any atom is -0.338 e. The number of rotatable bonds is 5. The van der Waals surface area contributed by atoms with Gasteiger partial charge in [0.25, 0.3) is 0 Å². The summed E-state index contributed by atoms with van der Waals surface area (Å²) in [6.45, 7) is 6.15. The molecule has 0 unspecified atom stereocenters. The molecule has 0 radical (unpaired) electrons. The molecule has 0 spiro atoms. The zero-order chi connectivity index (χ0) is 13.9. The summed E-state index contributed by atoms with van der Waals surface area (Å²) < 4.78 is 5.27. The van der Waals surface area contributed by atoms with E-state index in [1.807, 2.05) is 25.1 Å². The normalized spacial score (nSPS) is 13.5. The lowest BCUT2D eigenvalue weighted by Crippen LogP contribution is -2.27. The first-order valence-corrected chi connectivity index (χ1v) is 6.79. The highest BCUT2D eigenvalue weighted by atomic mass is 16.5. The SMILES string of the molecule is CCC(CC)(c1ccccc1)c1noc([C@@H](C)N)n1. The van der Waals surface area contributed by atoms with Crippen LogP contribution >= 0.6 is 0 Å². The van der Waals surface area contributed by atoms with Crippen LogP contribution in [-0.4, -0.2) is 10.1 Å². The summed E-state index contributed by atoms with van der Waals surface area (Å²) in [4.78, 5) is 4.50. The number of nitrogens with zero attached hydrogens (tertiary/aromatic N) is 2. The van der Waals surface area contributed by atoms with Crippen LogP contribution in [-0.2, 0) is 5.41 Å². The van der Waals surface area contributed by atoms with Crippen LogP contribution in [0.1, 0.15) is 56.9 Å². The topological polar surface area (TPSA) is 64.9 Å². The Hall–Kier alpha value is -1.68. The smallest absolute Gasteiger partial charge is 0.243 e. The van der Waals surface area contributed by atoms with Crippen LogP contribution in [0, 0.1) is 0 Å². The van der Waals surface area contributed by atoms with Crippen LogP contribution in [0.4, 0.5) is 0 Å². The Morgan fingerprint density at radius 1 is 1.21 bits per heavy atom. The summed E-state index contributed by atoms with van der Waals surface area (Å²) in [6, 6.07) is 10.1. The third-order valence-corrected chi connectivity index (χ3v) is 3.79. The van der Waals surface area contributed by atoms with E-state index in [2.05, 4.69) is 36.1 Å². The lowest BCUT2D eigenvalue weighted by Gasteiger charge is -2.28. The van der Waals surface area contributed by atoms with Crippen LogP contribution in [0.2, 0.25) is 0 Å². The van der Waals surface area contributed by atoms with Crippen molar-refractivity contribution < 1.29 is 4.52 Å². The maximum atomic E-state index is 5.80. The van der Waals surface area contributed by atoms with Gasteiger partial charge < -0.3 is 10.3 Å². The predicted octanol–water partition coefficient (Wildman–Crippen LogP) is 3.20. The molecule has 19 heavy (non-hydrogen) atoms. The molecule has 0 saturated carbocycles. The van der Waals surface area contributed by atoms with Gasteiger partial charge in [0, 0.05) is 0 Å². The maximum Gasteiger partial charge on any atom is 0.243 e. The fourth-order valence-corrected chi connectivity index (χ4v) is 2.48. The molecule has 0 fully saturated rings. The van der Waals surface area contributed by atoms with Gasteiger partial charge in [-0.25, -0.2) is 0 Å². The number of hydrogen-bond acceptors (Lipinski definition) is 4. The molecule has 2 aromatic rings. The molecule has 0 amide bonds. The first kappa shape index (κ1) is 13.7. The number of hydrogen-bond donors (Lipinski definition) is 1. The van der Waals surface area contributed by atoms with Gasteiger partial charge in [-0.15, -0.1) is 0 Å². The Bertz CT molecular complexity index is 515. The van der Waals surface area contributed by atoms with Gasteiger partial charge in [0.05, 0.1) is 11.5 Å². The largest absolute Gasteiger partial charge is 0.338 e. The van der Waals surface area contributed by atoms with Crippen molar-refractivity contribution in [2.24, 2.45) is 5.73 Å². The molecule has 1 heterocycles. The Morgan fingerprint density at radius 3 is 2.32 bits per heavy atom. The van der Waals surface area contributed by atoms with Crippen LogP contribution in [0.5, 0.6) is 0 Å². The molecule has 2 rings (SSSR count). The van der Waals surface area contributed by atoms with Crippen molar-refractivity contribution in [3.05, 3.63) is 47.6 Å². The van der Waals surface area contributed by atoms with Gasteiger partial charge in [-0.1, -0.05) is 49.3 Å². The number of benzene rings is 1. The van der Waals surface area contributed by atoms with Crippen molar-refractivity contribution in [3.63, 3.8) is 0 Å². The van der Waals surface area contributed by atoms with E-state index in [4.69, 9.17) is 10.3 Å². The third-order valence-electron chi connectivity index (χ3n) is 3.79. The van der Waals surface area contributed by atoms with E-state index in [1.54, 1.807) is 0 Å². The molecule has 0 bridgehead atoms. The second kappa shape index (κ2) is 5.53. The summed E-state index contributed by atoms with van der Waals surface area (Å²) in [5.41, 5.74) is 6.82. The van der Waals surface area contributed by atoms with Gasteiger partial charge in [0.1, 0.15) is 0 Å². The van der Waals surface area contributed by atoms with E-state index in [0.29, 0.717) is 5.89 Å². The zero-order valence-electron chi connectivity index (χ0n) is 11.8. The number of aromatic nitrogens is 2. The average Bonchev–Trinajstić information content (AvgIpc) is 2.93. The second-order valence-corrected chi connectivity index (χ2v) is 4.90. The summed E-state index contributed by atoms with van der Waals surface area (Å²) >= 11 is 0. The van der Waals surface area contributed by atoms with E-state index in [9.17, 15) is 0 Å². The molecule has 1 atom stereocenters. The van der Waals surface area contributed by atoms with Gasteiger partial charge in [0.2, 0.25) is 5.89 Å². The molecule has 0 aliphatic rings. The van der Waals surface area contributed by atoms with Crippen molar-refractivity contribution in [1.29, 1.82) is 0 Å². The Morgan fingerprint density at radius 2 is 1.84 bits per heavy atom. The molecule has 4 heteroatoms. The van der Waals surface area contributed by atoms with Gasteiger partial charge >= 0.3 is 0 Å². The standard InChI is InChI=1S/C15H21N3O/c1-4-15(5-2,12-9-7-6-8-10-12)14-17-13(11(3)16)19-18-14/h6-11H,4-5,16H2,1-3H3/t11-/m1/s1. The van der Waals surface area contributed by atoms with Gasteiger partial charge in [0.15, 0.2) is 5.82 Å². The fraction of sp³-hybridized carbons (Fsp3) is 0.467. The first-order chi connectivity index (χ1) is 9.14. The van der Waals surface area contributed by atoms with Crippen molar-refractivity contribution in [1.82, 2.24) is 10.1 Å². The lowest BCUT2D eigenvalue weighted by atomic mass is 9.75. The van der Waals surface area contributed by atoms with Crippen LogP contribution < -0.4 is 5.73 Å². The highest BCUT2D eigenvalue weighted by molar-refractivity contribution is 5.32. The fourth-order valence-electron chi connectivity index (χ4n) is 2.48. The van der Waals surface area contributed by atoms with Crippen molar-refractivity contribution in [3.8, 4) is 0 Å². The average molecular weight is 259 g/mol. The minimum absolute atomic E-state index is 0.197. The molecular formula is C15H21N3O. The monoisotopic (exact) mass is 259 g/mol. The van der Waals surface area contributed by atoms with Gasteiger partial charge in [-0.2, -0.15) is 4.98 Å². The zero-order valence-corrected chi connectivity index (χ0v) is 11.8. The predicted molar refractivity (Wildman–Crippen MR) is 74.7 cm³/mol. The third kappa shape index (κ3) is 2.40. The number of nitrogens with two attached hydrogens (primary N) is 1. The van der Waals surface area contributed by atoms with Gasteiger partial charge in [-0.05, 0) is 25.3 Å². The highest BCUT2D eigenvalue weighted by Gasteiger charge is 2.35. The van der Waals surface area contributed by atoms with Crippen LogP contribution in [0.3, 0.4) is 0 Å². The summed E-state index contributed by atoms with van der Waals surface area (Å²) in [6.07, 6.45) is 1.84. The minimum atomic E-state index is -0.233. The van der Waals surface area contributed by atoms with E-state index >= 15 is 0 Å². The van der Waals surface area contributed by atoms with Crippen molar-refractivity contribution >= 4 is 0 Å². The molecule has 1 aromatic heterocycles. The molecule has 2 N–H and O–H groups in total. The van der Waals surface area contributed by atoms with Crippen molar-refractivity contribution in [2.75, 3.05) is 0 Å². The Kier molecular flexibility index (Phi) is 4.00. The Balaban J connectivity index is 2.49. The first-order valence-electron chi connectivity index (χ1n) is 6.79. The van der Waals surface area contributed by atoms with E-state index < -0.39 is 0 Å². The summed E-state index contributed by atoms with van der Waals surface area (Å²) in [5, 5.41) is 4.16. The van der Waals surface area contributed by atoms with Crippen LogP contribution in [0.15, 0.2) is 34.9 Å². The molecule has 0 saturated heterocycles. The molecule has 102 valence electrons. The molecule has 0 aliphatic carbocycles. The van der Waals surface area contributed by atoms with E-state index in [0.717, 1.165) is 18.7 Å². The van der Waals surface area contributed by atoms with E-state index in [-0.39, 0.29) is 11.5 Å². The maximum absolute atomic E-state index is 5.80. The Labute approximate surface area is 114 Å². The van der Waals surface area contributed by atoms with Crippen LogP contribution in [0.25, 0.3) is 0 Å². The quantitative estimate of drug-likeness (QED) is 0.895. The molecular weight excluding hydrogens is 238 g/mol. The second-order valence-electron chi connectivity index (χ2n) is 4.90. The van der Waals surface area contributed by atoms with E-state index in [1.165, 1.54) is 5.56 Å². The van der Waals surface area contributed by atoms with Crippen molar-refractivity contribution in [2.45, 2.75) is 45.1 Å². The summed E-state index contributed by atoms with van der Waals surface area (Å²) in [5.74, 6) is 1.23. The molecule has 4 nitrogen and oxygen atoms in total. The summed E-state index contributed by atoms with van der Waals surface area (Å²) in [7, 11) is 0. The lowest BCUT2D eigenvalue weighted by molar-refractivity contribution is 0.342. The molecule has 0 aliphatic heterocycles.